The number of benzene rings is 2. The number of H-pyrrole nitrogens is 1. The van der Waals surface area contributed by atoms with E-state index in [-0.39, 0.29) is 16.4 Å². The number of aromatic amines is 1. The lowest BCUT2D eigenvalue weighted by molar-refractivity contribution is 0.0935. The van der Waals surface area contributed by atoms with Crippen LogP contribution in [0.2, 0.25) is 0 Å². The molecule has 5 rings (SSSR count). The van der Waals surface area contributed by atoms with Gasteiger partial charge in [0, 0.05) is 75.9 Å². The fraction of sp³-hybridized carbons (Fsp3) is 0.407. The molecule has 0 radical (unpaired) electrons. The molecule has 37 heavy (non-hydrogen) atoms. The molecule has 10 heteroatoms. The Hall–Kier alpha value is -3.05. The molecule has 0 spiro atoms. The first-order chi connectivity index (χ1) is 17.9. The Morgan fingerprint density at radius 1 is 0.892 bits per heavy atom. The normalized spacial score (nSPS) is 17.8. The molecule has 196 valence electrons. The maximum atomic E-state index is 13.1. The molecule has 2 aromatic carbocycles. The molecule has 0 unspecified atom stereocenters. The summed E-state index contributed by atoms with van der Waals surface area (Å²) in [5.74, 6) is -0.380. The minimum Gasteiger partial charge on any atom is -0.351 e. The van der Waals surface area contributed by atoms with E-state index >= 15 is 0 Å². The molecule has 2 fully saturated rings. The molecule has 0 saturated carbocycles. The summed E-state index contributed by atoms with van der Waals surface area (Å²) in [5, 5.41) is 3.35. The van der Waals surface area contributed by atoms with Gasteiger partial charge in [0.15, 0.2) is 0 Å². The summed E-state index contributed by atoms with van der Waals surface area (Å²) in [5.41, 5.74) is 1.53. The number of rotatable bonds is 8. The molecule has 0 aliphatic carbocycles. The summed E-state index contributed by atoms with van der Waals surface area (Å²) in [6.07, 6.45) is 1.69. The van der Waals surface area contributed by atoms with Crippen LogP contribution in [-0.4, -0.2) is 85.8 Å². The second-order valence-electron chi connectivity index (χ2n) is 9.73. The lowest BCUT2D eigenvalue weighted by Gasteiger charge is -2.34. The predicted octanol–water partition coefficient (Wildman–Crippen LogP) is 1.86. The molecule has 2 aliphatic rings. The third-order valence-corrected chi connectivity index (χ3v) is 9.08. The van der Waals surface area contributed by atoms with Crippen LogP contribution in [0.1, 0.15) is 28.8 Å². The zero-order valence-electron chi connectivity index (χ0n) is 20.9. The molecular formula is C27H33N5O4S. The molecule has 0 bridgehead atoms. The first kappa shape index (κ1) is 25.6. The molecule has 0 atom stereocenters. The van der Waals surface area contributed by atoms with Crippen LogP contribution in [0.4, 0.5) is 0 Å². The van der Waals surface area contributed by atoms with Gasteiger partial charge in [-0.15, -0.1) is 0 Å². The maximum Gasteiger partial charge on any atom is 0.252 e. The van der Waals surface area contributed by atoms with Crippen molar-refractivity contribution in [3.63, 3.8) is 0 Å². The Morgan fingerprint density at radius 2 is 1.59 bits per heavy atom. The van der Waals surface area contributed by atoms with Crippen molar-refractivity contribution in [3.05, 3.63) is 76.1 Å². The van der Waals surface area contributed by atoms with E-state index in [1.54, 1.807) is 6.07 Å². The van der Waals surface area contributed by atoms with Crippen LogP contribution in [0, 0.1) is 0 Å². The average molecular weight is 524 g/mol. The van der Waals surface area contributed by atoms with Gasteiger partial charge in [0.1, 0.15) is 0 Å². The third-order valence-electron chi connectivity index (χ3n) is 7.19. The molecule has 2 aliphatic heterocycles. The van der Waals surface area contributed by atoms with Crippen LogP contribution in [0.15, 0.2) is 64.3 Å². The van der Waals surface area contributed by atoms with Gasteiger partial charge in [-0.3, -0.25) is 19.4 Å². The SMILES string of the molecule is O=C(NCCN1CCN(Cc2ccccc2)CC1)c1cc(=O)[nH]c2ccc(S(=O)(=O)N3CCCC3)cc12. The van der Waals surface area contributed by atoms with E-state index in [1.807, 2.05) is 6.07 Å². The summed E-state index contributed by atoms with van der Waals surface area (Å²) < 4.78 is 27.6. The third kappa shape index (κ3) is 5.93. The number of aromatic nitrogens is 1. The van der Waals surface area contributed by atoms with Crippen LogP contribution in [0.5, 0.6) is 0 Å². The molecule has 3 heterocycles. The molecule has 2 saturated heterocycles. The number of piperazine rings is 1. The number of sulfonamides is 1. The van der Waals surface area contributed by atoms with Gasteiger partial charge >= 0.3 is 0 Å². The Bertz CT molecular complexity index is 1410. The van der Waals surface area contributed by atoms with E-state index in [2.05, 4.69) is 44.4 Å². The molecule has 9 nitrogen and oxygen atoms in total. The number of fused-ring (bicyclic) bond motifs is 1. The van der Waals surface area contributed by atoms with Gasteiger partial charge < -0.3 is 10.3 Å². The molecule has 1 amide bonds. The number of carbonyl (C=O) groups is 1. The number of carbonyl (C=O) groups excluding carboxylic acids is 1. The minimum absolute atomic E-state index is 0.136. The highest BCUT2D eigenvalue weighted by Gasteiger charge is 2.28. The summed E-state index contributed by atoms with van der Waals surface area (Å²) in [7, 11) is -3.64. The topological polar surface area (TPSA) is 106 Å². The lowest BCUT2D eigenvalue weighted by Crippen LogP contribution is -2.48. The van der Waals surface area contributed by atoms with E-state index in [9.17, 15) is 18.0 Å². The highest BCUT2D eigenvalue weighted by molar-refractivity contribution is 7.89. The van der Waals surface area contributed by atoms with Crippen LogP contribution in [0.25, 0.3) is 10.9 Å². The second kappa shape index (κ2) is 11.1. The Balaban J connectivity index is 1.21. The van der Waals surface area contributed by atoms with Gasteiger partial charge in [-0.25, -0.2) is 8.42 Å². The highest BCUT2D eigenvalue weighted by Crippen LogP contribution is 2.25. The van der Waals surface area contributed by atoms with E-state index < -0.39 is 15.6 Å². The summed E-state index contributed by atoms with van der Waals surface area (Å²) >= 11 is 0. The van der Waals surface area contributed by atoms with Crippen LogP contribution < -0.4 is 10.9 Å². The maximum absolute atomic E-state index is 13.1. The number of pyridine rings is 1. The summed E-state index contributed by atoms with van der Waals surface area (Å²) in [6, 6.07) is 16.2. The number of hydrogen-bond acceptors (Lipinski definition) is 6. The van der Waals surface area contributed by atoms with Crippen molar-refractivity contribution in [3.8, 4) is 0 Å². The average Bonchev–Trinajstić information content (AvgIpc) is 3.46. The van der Waals surface area contributed by atoms with Gasteiger partial charge in [-0.05, 0) is 36.6 Å². The predicted molar refractivity (Wildman–Crippen MR) is 143 cm³/mol. The van der Waals surface area contributed by atoms with Gasteiger partial charge in [0.25, 0.3) is 5.91 Å². The second-order valence-corrected chi connectivity index (χ2v) is 11.7. The zero-order chi connectivity index (χ0) is 25.8. The molecular weight excluding hydrogens is 490 g/mol. The van der Waals surface area contributed by atoms with E-state index in [1.165, 1.54) is 28.1 Å². The van der Waals surface area contributed by atoms with E-state index in [4.69, 9.17) is 0 Å². The molecule has 3 aromatic rings. The number of nitrogens with zero attached hydrogens (tertiary/aromatic N) is 3. The first-order valence-electron chi connectivity index (χ1n) is 12.8. The smallest absolute Gasteiger partial charge is 0.252 e. The molecule has 2 N–H and O–H groups in total. The molecule has 1 aromatic heterocycles. The number of amides is 1. The van der Waals surface area contributed by atoms with Gasteiger partial charge in [-0.2, -0.15) is 4.31 Å². The fourth-order valence-electron chi connectivity index (χ4n) is 5.09. The van der Waals surface area contributed by atoms with Gasteiger partial charge in [-0.1, -0.05) is 30.3 Å². The highest BCUT2D eigenvalue weighted by atomic mass is 32.2. The van der Waals surface area contributed by atoms with Crippen molar-refractivity contribution in [1.29, 1.82) is 0 Å². The van der Waals surface area contributed by atoms with Crippen molar-refractivity contribution >= 4 is 26.8 Å². The van der Waals surface area contributed by atoms with Crippen molar-refractivity contribution in [2.75, 3.05) is 52.4 Å². The Labute approximate surface area is 217 Å². The zero-order valence-corrected chi connectivity index (χ0v) is 21.7. The van der Waals surface area contributed by atoms with Crippen molar-refractivity contribution < 1.29 is 13.2 Å². The summed E-state index contributed by atoms with van der Waals surface area (Å²) in [6.45, 7) is 6.88. The first-order valence-corrected chi connectivity index (χ1v) is 14.3. The van der Waals surface area contributed by atoms with E-state index in [0.717, 1.165) is 45.6 Å². The van der Waals surface area contributed by atoms with Crippen LogP contribution in [0.3, 0.4) is 0 Å². The van der Waals surface area contributed by atoms with Crippen molar-refractivity contribution in [2.24, 2.45) is 0 Å². The fourth-order valence-corrected chi connectivity index (χ4v) is 6.64. The van der Waals surface area contributed by atoms with Crippen LogP contribution in [-0.2, 0) is 16.6 Å². The van der Waals surface area contributed by atoms with Gasteiger partial charge in [0.2, 0.25) is 15.6 Å². The quantitative estimate of drug-likeness (QED) is 0.467. The van der Waals surface area contributed by atoms with Crippen LogP contribution >= 0.6 is 0 Å². The van der Waals surface area contributed by atoms with Gasteiger partial charge in [0.05, 0.1) is 10.5 Å². The lowest BCUT2D eigenvalue weighted by atomic mass is 10.1. The van der Waals surface area contributed by atoms with E-state index in [0.29, 0.717) is 37.1 Å². The largest absolute Gasteiger partial charge is 0.351 e. The number of hydrogen-bond donors (Lipinski definition) is 2. The minimum atomic E-state index is -3.64. The Kier molecular flexibility index (Phi) is 7.71. The number of nitrogens with one attached hydrogen (secondary N) is 2. The monoisotopic (exact) mass is 523 g/mol. The van der Waals surface area contributed by atoms with Crippen molar-refractivity contribution in [1.82, 2.24) is 24.4 Å². The standard InChI is InChI=1S/C27H33N5O4S/c33-26-19-24(23-18-22(8-9-25(23)29-26)37(35,36)32-11-4-5-12-32)27(34)28-10-13-30-14-16-31(17-15-30)20-21-6-2-1-3-7-21/h1-3,6-9,18-19H,4-5,10-17,20H2,(H,28,34)(H,29,33). The van der Waals surface area contributed by atoms with Crippen molar-refractivity contribution in [2.45, 2.75) is 24.3 Å². The summed E-state index contributed by atoms with van der Waals surface area (Å²) in [4.78, 5) is 32.9. The Morgan fingerprint density at radius 3 is 2.32 bits per heavy atom.